The van der Waals surface area contributed by atoms with Crippen molar-refractivity contribution in [3.63, 3.8) is 0 Å². The summed E-state index contributed by atoms with van der Waals surface area (Å²) in [6.07, 6.45) is 7.39. The summed E-state index contributed by atoms with van der Waals surface area (Å²) in [6, 6.07) is 6.03. The summed E-state index contributed by atoms with van der Waals surface area (Å²) in [4.78, 5) is 0. The van der Waals surface area contributed by atoms with Gasteiger partial charge in [-0.15, -0.1) is 0 Å². The van der Waals surface area contributed by atoms with Gasteiger partial charge < -0.3 is 15.4 Å². The number of nitrogens with one attached hydrogen (secondary N) is 2. The van der Waals surface area contributed by atoms with Gasteiger partial charge in [-0.2, -0.15) is 0 Å². The third-order valence-electron chi connectivity index (χ3n) is 4.07. The second-order valence-electron chi connectivity index (χ2n) is 5.72. The van der Waals surface area contributed by atoms with E-state index in [1.807, 2.05) is 12.1 Å². The summed E-state index contributed by atoms with van der Waals surface area (Å²) in [5.41, 5.74) is 4.35. The summed E-state index contributed by atoms with van der Waals surface area (Å²) in [7, 11) is 5.81. The van der Waals surface area contributed by atoms with E-state index in [2.05, 4.69) is 29.8 Å². The van der Waals surface area contributed by atoms with Crippen LogP contribution in [-0.2, 0) is 4.74 Å². The Morgan fingerprint density at radius 2 is 2.25 bits per heavy atom. The van der Waals surface area contributed by atoms with Gasteiger partial charge in [0.05, 0.1) is 18.0 Å². The third-order valence-corrected chi connectivity index (χ3v) is 4.07. The Labute approximate surface area is 122 Å². The standard InChI is InChI=1S/C16H21BN2O/c1-11-8-12(17)5-6-14(11)15-10-18-16(19-15)9-13-4-2-3-7-20-13/h5-6,8,10,13,16,18-19H,2-4,7,9H2,1H3. The Hall–Kier alpha value is -1.42. The van der Waals surface area contributed by atoms with Crippen LogP contribution in [0.25, 0.3) is 5.70 Å². The molecule has 1 saturated heterocycles. The number of benzene rings is 1. The fourth-order valence-electron chi connectivity index (χ4n) is 2.98. The van der Waals surface area contributed by atoms with Gasteiger partial charge in [0.1, 0.15) is 7.85 Å². The molecule has 1 aromatic rings. The highest BCUT2D eigenvalue weighted by atomic mass is 16.5. The van der Waals surface area contributed by atoms with Crippen LogP contribution >= 0.6 is 0 Å². The van der Waals surface area contributed by atoms with Gasteiger partial charge in [-0.1, -0.05) is 23.7 Å². The molecule has 2 aliphatic heterocycles. The average molecular weight is 268 g/mol. The number of ether oxygens (including phenoxy) is 1. The Morgan fingerprint density at radius 1 is 1.35 bits per heavy atom. The number of aryl methyl sites for hydroxylation is 1. The van der Waals surface area contributed by atoms with E-state index in [9.17, 15) is 0 Å². The zero-order chi connectivity index (χ0) is 13.9. The van der Waals surface area contributed by atoms with Crippen molar-refractivity contribution in [1.29, 1.82) is 0 Å². The lowest BCUT2D eigenvalue weighted by Crippen LogP contribution is -2.37. The average Bonchev–Trinajstić information content (AvgIpc) is 2.88. The van der Waals surface area contributed by atoms with E-state index in [1.165, 1.54) is 30.4 Å². The molecule has 2 atom stereocenters. The molecule has 0 bridgehead atoms. The molecule has 2 radical (unpaired) electrons. The molecule has 2 aliphatic rings. The van der Waals surface area contributed by atoms with E-state index in [0.29, 0.717) is 6.10 Å². The zero-order valence-corrected chi connectivity index (χ0v) is 12.0. The lowest BCUT2D eigenvalue weighted by Gasteiger charge is -2.26. The minimum Gasteiger partial charge on any atom is -0.378 e. The normalized spacial score (nSPS) is 25.8. The molecule has 3 rings (SSSR count). The molecule has 0 aromatic heterocycles. The summed E-state index contributed by atoms with van der Waals surface area (Å²) in [5, 5.41) is 6.95. The molecule has 4 heteroatoms. The quantitative estimate of drug-likeness (QED) is 0.816. The Kier molecular flexibility index (Phi) is 4.01. The maximum Gasteiger partial charge on any atom is 0.113 e. The van der Waals surface area contributed by atoms with Gasteiger partial charge in [0.2, 0.25) is 0 Å². The SMILES string of the molecule is [B]c1ccc(C2=CNC(CC3CCCCO3)N2)c(C)c1. The largest absolute Gasteiger partial charge is 0.378 e. The molecule has 0 amide bonds. The van der Waals surface area contributed by atoms with Gasteiger partial charge >= 0.3 is 0 Å². The molecular weight excluding hydrogens is 247 g/mol. The molecule has 104 valence electrons. The predicted octanol–water partition coefficient (Wildman–Crippen LogP) is 1.57. The molecule has 0 spiro atoms. The molecular formula is C16H21BN2O. The minimum absolute atomic E-state index is 0.269. The molecule has 2 unspecified atom stereocenters. The van der Waals surface area contributed by atoms with Crippen molar-refractivity contribution in [3.05, 3.63) is 35.5 Å². The van der Waals surface area contributed by atoms with Crippen LogP contribution in [0.5, 0.6) is 0 Å². The topological polar surface area (TPSA) is 33.3 Å². The summed E-state index contributed by atoms with van der Waals surface area (Å²) in [5.74, 6) is 0. The first-order valence-electron chi connectivity index (χ1n) is 7.43. The van der Waals surface area contributed by atoms with Crippen LogP contribution in [0.2, 0.25) is 0 Å². The van der Waals surface area contributed by atoms with E-state index in [-0.39, 0.29) is 6.17 Å². The molecule has 2 N–H and O–H groups in total. The van der Waals surface area contributed by atoms with Gasteiger partial charge in [0.25, 0.3) is 0 Å². The van der Waals surface area contributed by atoms with Gasteiger partial charge in [-0.25, -0.2) is 0 Å². The van der Waals surface area contributed by atoms with Crippen LogP contribution in [0.1, 0.15) is 36.8 Å². The minimum atomic E-state index is 0.269. The fraction of sp³-hybridized carbons (Fsp3) is 0.500. The van der Waals surface area contributed by atoms with Crippen molar-refractivity contribution in [3.8, 4) is 0 Å². The number of hydrogen-bond donors (Lipinski definition) is 2. The van der Waals surface area contributed by atoms with E-state index in [4.69, 9.17) is 12.6 Å². The molecule has 0 aliphatic carbocycles. The fourth-order valence-corrected chi connectivity index (χ4v) is 2.98. The first kappa shape index (κ1) is 13.6. The van der Waals surface area contributed by atoms with Crippen LogP contribution in [0.15, 0.2) is 24.4 Å². The van der Waals surface area contributed by atoms with Crippen LogP contribution < -0.4 is 16.1 Å². The first-order valence-corrected chi connectivity index (χ1v) is 7.43. The first-order chi connectivity index (χ1) is 9.72. The number of hydrogen-bond acceptors (Lipinski definition) is 3. The van der Waals surface area contributed by atoms with E-state index in [0.717, 1.165) is 24.2 Å². The van der Waals surface area contributed by atoms with Crippen molar-refractivity contribution in [2.75, 3.05) is 6.61 Å². The lowest BCUT2D eigenvalue weighted by molar-refractivity contribution is 0.00548. The second-order valence-corrected chi connectivity index (χ2v) is 5.72. The van der Waals surface area contributed by atoms with Crippen LogP contribution in [0, 0.1) is 6.92 Å². The van der Waals surface area contributed by atoms with Gasteiger partial charge in [-0.05, 0) is 31.7 Å². The smallest absolute Gasteiger partial charge is 0.113 e. The predicted molar refractivity (Wildman–Crippen MR) is 82.8 cm³/mol. The molecule has 20 heavy (non-hydrogen) atoms. The summed E-state index contributed by atoms with van der Waals surface area (Å²) >= 11 is 0. The third kappa shape index (κ3) is 3.01. The van der Waals surface area contributed by atoms with Crippen LogP contribution in [-0.4, -0.2) is 26.7 Å². The van der Waals surface area contributed by atoms with E-state index >= 15 is 0 Å². The highest BCUT2D eigenvalue weighted by molar-refractivity contribution is 6.32. The molecule has 1 aromatic carbocycles. The monoisotopic (exact) mass is 268 g/mol. The van der Waals surface area contributed by atoms with E-state index in [1.54, 1.807) is 0 Å². The van der Waals surface area contributed by atoms with Crippen molar-refractivity contribution in [1.82, 2.24) is 10.6 Å². The van der Waals surface area contributed by atoms with Crippen molar-refractivity contribution < 1.29 is 4.74 Å². The maximum absolute atomic E-state index is 5.81. The summed E-state index contributed by atoms with van der Waals surface area (Å²) < 4.78 is 5.80. The second kappa shape index (κ2) is 5.92. The molecule has 3 nitrogen and oxygen atoms in total. The zero-order valence-electron chi connectivity index (χ0n) is 12.0. The van der Waals surface area contributed by atoms with Crippen LogP contribution in [0.3, 0.4) is 0 Å². The van der Waals surface area contributed by atoms with E-state index < -0.39 is 0 Å². The molecule has 2 heterocycles. The van der Waals surface area contributed by atoms with Crippen molar-refractivity contribution >= 4 is 19.0 Å². The van der Waals surface area contributed by atoms with Crippen LogP contribution in [0.4, 0.5) is 0 Å². The summed E-state index contributed by atoms with van der Waals surface area (Å²) in [6.45, 7) is 3.00. The number of rotatable bonds is 3. The molecule has 0 saturated carbocycles. The maximum atomic E-state index is 5.81. The highest BCUT2D eigenvalue weighted by Gasteiger charge is 2.23. The highest BCUT2D eigenvalue weighted by Crippen LogP contribution is 2.22. The lowest BCUT2D eigenvalue weighted by atomic mass is 9.92. The van der Waals surface area contributed by atoms with Gasteiger partial charge in [0.15, 0.2) is 0 Å². The van der Waals surface area contributed by atoms with Gasteiger partial charge in [-0.3, -0.25) is 0 Å². The van der Waals surface area contributed by atoms with Crippen molar-refractivity contribution in [2.24, 2.45) is 0 Å². The molecule has 1 fully saturated rings. The van der Waals surface area contributed by atoms with Crippen molar-refractivity contribution in [2.45, 2.75) is 44.9 Å². The Morgan fingerprint density at radius 3 is 3.00 bits per heavy atom. The Bertz CT molecular complexity index is 509. The van der Waals surface area contributed by atoms with Gasteiger partial charge in [0, 0.05) is 24.8 Å². The Balaban J connectivity index is 1.60.